The van der Waals surface area contributed by atoms with Crippen molar-refractivity contribution in [1.82, 2.24) is 4.90 Å². The van der Waals surface area contributed by atoms with E-state index in [0.29, 0.717) is 17.6 Å². The first-order valence-electron chi connectivity index (χ1n) is 5.62. The highest BCUT2D eigenvalue weighted by Gasteiger charge is 2.12. The minimum absolute atomic E-state index is 0.466. The second kappa shape index (κ2) is 6.33. The third kappa shape index (κ3) is 4.20. The summed E-state index contributed by atoms with van der Waals surface area (Å²) in [4.78, 5) is 5.70. The Bertz CT molecular complexity index is 345. The number of nitrogens with two attached hydrogens (primary N) is 1. The predicted octanol–water partition coefficient (Wildman–Crippen LogP) is 2.81. The molecule has 1 rings (SSSR count). The lowest BCUT2D eigenvalue weighted by Gasteiger charge is -2.25. The van der Waals surface area contributed by atoms with Crippen LogP contribution >= 0.6 is 23.6 Å². The average molecular weight is 256 g/mol. The number of thiophene rings is 1. The molecule has 0 aliphatic carbocycles. The zero-order chi connectivity index (χ0) is 12.1. The Hall–Kier alpha value is -0.450. The highest BCUT2D eigenvalue weighted by molar-refractivity contribution is 7.80. The molecule has 1 aromatic rings. The van der Waals surface area contributed by atoms with Crippen LogP contribution in [0.1, 0.15) is 30.5 Å². The third-order valence-corrected chi connectivity index (χ3v) is 3.86. The van der Waals surface area contributed by atoms with Crippen LogP contribution in [0.15, 0.2) is 12.1 Å². The van der Waals surface area contributed by atoms with Crippen LogP contribution in [0.5, 0.6) is 0 Å². The number of nitrogens with zero attached hydrogens (tertiary/aromatic N) is 1. The summed E-state index contributed by atoms with van der Waals surface area (Å²) in [7, 11) is 0. The smallest absolute Gasteiger partial charge is 0.0870 e. The second-order valence-electron chi connectivity index (χ2n) is 4.19. The maximum atomic E-state index is 5.61. The van der Waals surface area contributed by atoms with Gasteiger partial charge >= 0.3 is 0 Å². The number of aryl methyl sites for hydroxylation is 1. The Morgan fingerprint density at radius 2 is 2.06 bits per heavy atom. The molecule has 1 heterocycles. The van der Waals surface area contributed by atoms with Gasteiger partial charge in [0, 0.05) is 28.9 Å². The van der Waals surface area contributed by atoms with Gasteiger partial charge < -0.3 is 5.73 Å². The lowest BCUT2D eigenvalue weighted by Crippen LogP contribution is -2.36. The Morgan fingerprint density at radius 1 is 1.44 bits per heavy atom. The van der Waals surface area contributed by atoms with Crippen molar-refractivity contribution in [3.63, 3.8) is 0 Å². The largest absolute Gasteiger partial charge is 0.392 e. The fourth-order valence-electron chi connectivity index (χ4n) is 1.52. The van der Waals surface area contributed by atoms with Gasteiger partial charge in [-0.3, -0.25) is 4.90 Å². The fraction of sp³-hybridized carbons (Fsp3) is 0.583. The summed E-state index contributed by atoms with van der Waals surface area (Å²) in [6, 6.07) is 4.88. The summed E-state index contributed by atoms with van der Waals surface area (Å²) in [6.45, 7) is 8.18. The number of thiocarbonyl (C=S) groups is 1. The van der Waals surface area contributed by atoms with E-state index in [1.165, 1.54) is 9.75 Å². The van der Waals surface area contributed by atoms with E-state index in [0.717, 1.165) is 13.0 Å². The summed E-state index contributed by atoms with van der Waals surface area (Å²) in [5.74, 6) is 0. The average Bonchev–Trinajstić information content (AvgIpc) is 2.63. The van der Waals surface area contributed by atoms with E-state index < -0.39 is 0 Å². The van der Waals surface area contributed by atoms with Gasteiger partial charge in [-0.25, -0.2) is 0 Å². The predicted molar refractivity (Wildman–Crippen MR) is 76.0 cm³/mol. The molecule has 16 heavy (non-hydrogen) atoms. The Balaban J connectivity index is 2.63. The van der Waals surface area contributed by atoms with Crippen LogP contribution in [0.4, 0.5) is 0 Å². The lowest BCUT2D eigenvalue weighted by atomic mass is 10.3. The van der Waals surface area contributed by atoms with E-state index in [1.807, 2.05) is 11.3 Å². The molecule has 2 nitrogen and oxygen atoms in total. The van der Waals surface area contributed by atoms with Crippen molar-refractivity contribution < 1.29 is 0 Å². The standard InChI is InChI=1S/C12H20N2S2/c1-4-10-5-6-11(16-10)7-14(9(2)3)8-12(13)15/h5-6,9H,4,7-8H2,1-3H3,(H2,13,15). The first-order chi connectivity index (χ1) is 7.52. The molecule has 0 spiro atoms. The van der Waals surface area contributed by atoms with Gasteiger partial charge in [0.25, 0.3) is 0 Å². The van der Waals surface area contributed by atoms with Crippen molar-refractivity contribution in [2.24, 2.45) is 5.73 Å². The summed E-state index contributed by atoms with van der Waals surface area (Å²) >= 11 is 6.85. The van der Waals surface area contributed by atoms with E-state index in [4.69, 9.17) is 18.0 Å². The molecule has 0 aromatic carbocycles. The molecule has 0 saturated carbocycles. The molecule has 90 valence electrons. The summed E-state index contributed by atoms with van der Waals surface area (Å²) in [6.07, 6.45) is 1.11. The highest BCUT2D eigenvalue weighted by Crippen LogP contribution is 2.19. The topological polar surface area (TPSA) is 29.3 Å². The van der Waals surface area contributed by atoms with Gasteiger partial charge in [0.15, 0.2) is 0 Å². The van der Waals surface area contributed by atoms with Crippen LogP contribution < -0.4 is 5.73 Å². The number of hydrogen-bond donors (Lipinski definition) is 1. The molecule has 0 atom stereocenters. The molecule has 0 unspecified atom stereocenters. The number of rotatable bonds is 6. The monoisotopic (exact) mass is 256 g/mol. The fourth-order valence-corrected chi connectivity index (χ4v) is 2.67. The summed E-state index contributed by atoms with van der Waals surface area (Å²) in [5, 5.41) is 0. The maximum absolute atomic E-state index is 5.61. The Kier molecular flexibility index (Phi) is 5.38. The Labute approximate surface area is 107 Å². The quantitative estimate of drug-likeness (QED) is 0.794. The molecule has 0 saturated heterocycles. The van der Waals surface area contributed by atoms with E-state index >= 15 is 0 Å². The van der Waals surface area contributed by atoms with Crippen LogP contribution in [0.2, 0.25) is 0 Å². The van der Waals surface area contributed by atoms with Gasteiger partial charge in [-0.05, 0) is 32.4 Å². The van der Waals surface area contributed by atoms with Gasteiger partial charge in [-0.2, -0.15) is 0 Å². The van der Waals surface area contributed by atoms with Gasteiger partial charge in [0.05, 0.1) is 4.99 Å². The van der Waals surface area contributed by atoms with Crippen LogP contribution in [0, 0.1) is 0 Å². The third-order valence-electron chi connectivity index (χ3n) is 2.51. The molecule has 0 fully saturated rings. The first kappa shape index (κ1) is 13.6. The van der Waals surface area contributed by atoms with E-state index in [1.54, 1.807) is 0 Å². The van der Waals surface area contributed by atoms with E-state index in [-0.39, 0.29) is 0 Å². The van der Waals surface area contributed by atoms with Crippen LogP contribution in [-0.4, -0.2) is 22.5 Å². The molecule has 0 bridgehead atoms. The summed E-state index contributed by atoms with van der Waals surface area (Å²) in [5.41, 5.74) is 5.61. The molecule has 0 radical (unpaired) electrons. The lowest BCUT2D eigenvalue weighted by molar-refractivity contribution is 0.247. The molecule has 2 N–H and O–H groups in total. The minimum atomic E-state index is 0.466. The number of hydrogen-bond acceptors (Lipinski definition) is 3. The molecule has 1 aromatic heterocycles. The van der Waals surface area contributed by atoms with E-state index in [9.17, 15) is 0 Å². The molecular formula is C12H20N2S2. The van der Waals surface area contributed by atoms with Crippen LogP contribution in [-0.2, 0) is 13.0 Å². The molecule has 0 aliphatic rings. The van der Waals surface area contributed by atoms with Crippen LogP contribution in [0.3, 0.4) is 0 Å². The van der Waals surface area contributed by atoms with Crippen molar-refractivity contribution in [2.45, 2.75) is 39.8 Å². The zero-order valence-corrected chi connectivity index (χ0v) is 11.8. The van der Waals surface area contributed by atoms with E-state index in [2.05, 4.69) is 37.8 Å². The van der Waals surface area contributed by atoms with Crippen molar-refractivity contribution in [3.05, 3.63) is 21.9 Å². The second-order valence-corrected chi connectivity index (χ2v) is 5.96. The van der Waals surface area contributed by atoms with Crippen molar-refractivity contribution >= 4 is 28.5 Å². The Morgan fingerprint density at radius 3 is 2.50 bits per heavy atom. The summed E-state index contributed by atoms with van der Waals surface area (Å²) < 4.78 is 0. The molecule has 4 heteroatoms. The van der Waals surface area contributed by atoms with Crippen molar-refractivity contribution in [3.8, 4) is 0 Å². The maximum Gasteiger partial charge on any atom is 0.0870 e. The van der Waals surface area contributed by atoms with Crippen molar-refractivity contribution in [2.75, 3.05) is 6.54 Å². The molecule has 0 aliphatic heterocycles. The highest BCUT2D eigenvalue weighted by atomic mass is 32.1. The zero-order valence-electron chi connectivity index (χ0n) is 10.2. The first-order valence-corrected chi connectivity index (χ1v) is 6.85. The van der Waals surface area contributed by atoms with Gasteiger partial charge in [-0.15, -0.1) is 11.3 Å². The normalized spacial score (nSPS) is 11.3. The SMILES string of the molecule is CCc1ccc(CN(CC(N)=S)C(C)C)s1. The van der Waals surface area contributed by atoms with Crippen molar-refractivity contribution in [1.29, 1.82) is 0 Å². The van der Waals surface area contributed by atoms with Gasteiger partial charge in [0.2, 0.25) is 0 Å². The van der Waals surface area contributed by atoms with Crippen LogP contribution in [0.25, 0.3) is 0 Å². The molecular weight excluding hydrogens is 236 g/mol. The minimum Gasteiger partial charge on any atom is -0.392 e. The van der Waals surface area contributed by atoms with Gasteiger partial charge in [0.1, 0.15) is 0 Å². The van der Waals surface area contributed by atoms with Gasteiger partial charge in [-0.1, -0.05) is 19.1 Å². The molecule has 0 amide bonds.